The van der Waals surface area contributed by atoms with Crippen molar-refractivity contribution in [3.63, 3.8) is 0 Å². The second-order valence-electron chi connectivity index (χ2n) is 6.09. The van der Waals surface area contributed by atoms with Gasteiger partial charge in [-0.05, 0) is 36.4 Å². The van der Waals surface area contributed by atoms with Crippen molar-refractivity contribution in [1.29, 1.82) is 0 Å². The summed E-state index contributed by atoms with van der Waals surface area (Å²) in [6.07, 6.45) is -0.373. The van der Waals surface area contributed by atoms with Gasteiger partial charge in [-0.1, -0.05) is 15.9 Å². The minimum Gasteiger partial charge on any atom is -0.486 e. The Morgan fingerprint density at radius 2 is 1.72 bits per heavy atom. The fourth-order valence-corrected chi connectivity index (χ4v) is 4.00. The zero-order valence-corrected chi connectivity index (χ0v) is 17.6. The van der Waals surface area contributed by atoms with E-state index in [1.807, 2.05) is 0 Å². The number of hydrogen-bond acceptors (Lipinski definition) is 7. The number of anilines is 1. The number of hydrogen-bond donors (Lipinski definition) is 1. The molecule has 8 nitrogen and oxygen atoms in total. The second kappa shape index (κ2) is 9.27. The van der Waals surface area contributed by atoms with Crippen LogP contribution in [0.2, 0.25) is 0 Å². The summed E-state index contributed by atoms with van der Waals surface area (Å²) in [5, 5.41) is 2.57. The van der Waals surface area contributed by atoms with Crippen LogP contribution in [0.25, 0.3) is 0 Å². The minimum atomic E-state index is -3.72. The molecule has 0 radical (unpaired) electrons. The predicted octanol–water partition coefficient (Wildman–Crippen LogP) is 2.57. The molecule has 10 heteroatoms. The summed E-state index contributed by atoms with van der Waals surface area (Å²) in [4.78, 5) is 23.7. The molecule has 1 heterocycles. The number of ether oxygens (including phenoxy) is 3. The van der Waals surface area contributed by atoms with Crippen LogP contribution in [0.15, 0.2) is 51.8 Å². The molecule has 0 atom stereocenters. The molecule has 0 unspecified atom stereocenters. The highest BCUT2D eigenvalue weighted by Crippen LogP contribution is 2.32. The first-order valence-corrected chi connectivity index (χ1v) is 11.1. The monoisotopic (exact) mass is 483 g/mol. The standard InChI is InChI=1S/C19H18BrNO7S/c20-13-1-3-14(4-2-13)21-18(22)12-28-19(23)7-10-29(24,25)15-5-6-16-17(11-15)27-9-8-26-16/h1-6,11H,7-10,12H2,(H,21,22). The van der Waals surface area contributed by atoms with E-state index in [-0.39, 0.29) is 11.3 Å². The number of rotatable bonds is 7. The fraction of sp³-hybridized carbons (Fsp3) is 0.263. The Morgan fingerprint density at radius 3 is 2.45 bits per heavy atom. The number of fused-ring (bicyclic) bond motifs is 1. The van der Waals surface area contributed by atoms with Gasteiger partial charge < -0.3 is 19.5 Å². The first-order chi connectivity index (χ1) is 13.8. The zero-order chi connectivity index (χ0) is 20.9. The van der Waals surface area contributed by atoms with Gasteiger partial charge in [-0.3, -0.25) is 9.59 Å². The zero-order valence-electron chi connectivity index (χ0n) is 15.2. The van der Waals surface area contributed by atoms with E-state index in [0.717, 1.165) is 4.47 Å². The van der Waals surface area contributed by atoms with Crippen LogP contribution in [0.5, 0.6) is 11.5 Å². The van der Waals surface area contributed by atoms with E-state index >= 15 is 0 Å². The quantitative estimate of drug-likeness (QED) is 0.602. The molecule has 0 saturated carbocycles. The third kappa shape index (κ3) is 5.94. The average molecular weight is 484 g/mol. The maximum absolute atomic E-state index is 12.4. The van der Waals surface area contributed by atoms with E-state index in [9.17, 15) is 18.0 Å². The third-order valence-corrected chi connectivity index (χ3v) is 6.18. The fourth-order valence-electron chi connectivity index (χ4n) is 2.50. The lowest BCUT2D eigenvalue weighted by molar-refractivity contribution is -0.146. The molecular formula is C19H18BrNO7S. The first kappa shape index (κ1) is 21.1. The van der Waals surface area contributed by atoms with E-state index in [0.29, 0.717) is 30.4 Å². The molecule has 154 valence electrons. The van der Waals surface area contributed by atoms with Gasteiger partial charge in [0.2, 0.25) is 0 Å². The molecule has 0 bridgehead atoms. The van der Waals surface area contributed by atoms with E-state index in [1.54, 1.807) is 24.3 Å². The number of carbonyl (C=O) groups is 2. The predicted molar refractivity (Wildman–Crippen MR) is 108 cm³/mol. The van der Waals surface area contributed by atoms with Crippen molar-refractivity contribution >= 4 is 43.3 Å². The normalized spacial score (nSPS) is 12.9. The molecule has 0 spiro atoms. The number of nitrogens with one attached hydrogen (secondary N) is 1. The Kier molecular flexibility index (Phi) is 6.75. The molecule has 0 aromatic heterocycles. The Bertz CT molecular complexity index is 1010. The highest BCUT2D eigenvalue weighted by Gasteiger charge is 2.21. The Labute approximate surface area is 176 Å². The Hall–Kier alpha value is -2.59. The van der Waals surface area contributed by atoms with Gasteiger partial charge in [-0.2, -0.15) is 0 Å². The summed E-state index contributed by atoms with van der Waals surface area (Å²) in [5.74, 6) is -0.914. The van der Waals surface area contributed by atoms with Crippen molar-refractivity contribution in [3.8, 4) is 11.5 Å². The van der Waals surface area contributed by atoms with Crippen LogP contribution >= 0.6 is 15.9 Å². The number of sulfone groups is 1. The van der Waals surface area contributed by atoms with Crippen LogP contribution in [0.3, 0.4) is 0 Å². The molecule has 3 rings (SSSR count). The van der Waals surface area contributed by atoms with Crippen LogP contribution in [0.4, 0.5) is 5.69 Å². The second-order valence-corrected chi connectivity index (χ2v) is 9.11. The molecule has 1 amide bonds. The van der Waals surface area contributed by atoms with Gasteiger partial charge in [-0.25, -0.2) is 8.42 Å². The topological polar surface area (TPSA) is 108 Å². The van der Waals surface area contributed by atoms with E-state index in [1.165, 1.54) is 18.2 Å². The SMILES string of the molecule is O=C(COC(=O)CCS(=O)(=O)c1ccc2c(c1)OCCO2)Nc1ccc(Br)cc1. The number of esters is 1. The molecule has 2 aromatic rings. The van der Waals surface area contributed by atoms with Gasteiger partial charge in [-0.15, -0.1) is 0 Å². The number of amides is 1. The average Bonchev–Trinajstić information content (AvgIpc) is 2.72. The molecule has 0 aliphatic carbocycles. The lowest BCUT2D eigenvalue weighted by Crippen LogP contribution is -2.22. The Balaban J connectivity index is 1.48. The van der Waals surface area contributed by atoms with Gasteiger partial charge in [0, 0.05) is 16.2 Å². The summed E-state index contributed by atoms with van der Waals surface area (Å²) in [5.41, 5.74) is 0.551. The van der Waals surface area contributed by atoms with Crippen LogP contribution in [0, 0.1) is 0 Å². The van der Waals surface area contributed by atoms with Gasteiger partial charge in [0.15, 0.2) is 27.9 Å². The van der Waals surface area contributed by atoms with Gasteiger partial charge in [0.1, 0.15) is 13.2 Å². The highest BCUT2D eigenvalue weighted by molar-refractivity contribution is 9.10. The van der Waals surface area contributed by atoms with E-state index < -0.39 is 34.1 Å². The van der Waals surface area contributed by atoms with Crippen molar-refractivity contribution in [2.45, 2.75) is 11.3 Å². The van der Waals surface area contributed by atoms with Gasteiger partial charge in [0.25, 0.3) is 5.91 Å². The summed E-state index contributed by atoms with van der Waals surface area (Å²) in [6.45, 7) is 0.241. The molecule has 29 heavy (non-hydrogen) atoms. The van der Waals surface area contributed by atoms with Crippen LogP contribution < -0.4 is 14.8 Å². The molecule has 1 aliphatic rings. The molecule has 1 aliphatic heterocycles. The van der Waals surface area contributed by atoms with Crippen LogP contribution in [-0.2, 0) is 24.2 Å². The summed E-state index contributed by atoms with van der Waals surface area (Å²) in [7, 11) is -3.72. The molecule has 0 saturated heterocycles. The van der Waals surface area contributed by atoms with Crippen molar-refractivity contribution in [3.05, 3.63) is 46.9 Å². The molecule has 0 fully saturated rings. The van der Waals surface area contributed by atoms with Gasteiger partial charge in [0.05, 0.1) is 17.1 Å². The molecule has 2 aromatic carbocycles. The van der Waals surface area contributed by atoms with Gasteiger partial charge >= 0.3 is 5.97 Å². The van der Waals surface area contributed by atoms with Crippen LogP contribution in [-0.4, -0.2) is 45.9 Å². The largest absolute Gasteiger partial charge is 0.486 e. The van der Waals surface area contributed by atoms with Crippen LogP contribution in [0.1, 0.15) is 6.42 Å². The Morgan fingerprint density at radius 1 is 1.03 bits per heavy atom. The van der Waals surface area contributed by atoms with E-state index in [2.05, 4.69) is 21.2 Å². The summed E-state index contributed by atoms with van der Waals surface area (Å²) in [6, 6.07) is 11.2. The first-order valence-electron chi connectivity index (χ1n) is 8.67. The number of benzene rings is 2. The maximum atomic E-state index is 12.4. The smallest absolute Gasteiger partial charge is 0.307 e. The summed E-state index contributed by atoms with van der Waals surface area (Å²) >= 11 is 3.29. The van der Waals surface area contributed by atoms with Crippen molar-refractivity contribution in [1.82, 2.24) is 0 Å². The lowest BCUT2D eigenvalue weighted by Gasteiger charge is -2.18. The highest BCUT2D eigenvalue weighted by atomic mass is 79.9. The van der Waals surface area contributed by atoms with Crippen molar-refractivity contribution in [2.24, 2.45) is 0 Å². The van der Waals surface area contributed by atoms with E-state index in [4.69, 9.17) is 14.2 Å². The maximum Gasteiger partial charge on any atom is 0.307 e. The van der Waals surface area contributed by atoms with Crippen molar-refractivity contribution in [2.75, 3.05) is 30.9 Å². The molecular weight excluding hydrogens is 466 g/mol. The summed E-state index contributed by atoms with van der Waals surface area (Å²) < 4.78 is 41.3. The number of carbonyl (C=O) groups excluding carboxylic acids is 2. The molecule has 1 N–H and O–H groups in total. The van der Waals surface area contributed by atoms with Crippen molar-refractivity contribution < 1.29 is 32.2 Å². The lowest BCUT2D eigenvalue weighted by atomic mass is 10.3. The number of halogens is 1. The third-order valence-electron chi connectivity index (χ3n) is 3.94. The minimum absolute atomic E-state index is 0.0301.